The molecule has 90 valence electrons. The zero-order valence-electron chi connectivity index (χ0n) is 8.86. The predicted octanol–water partition coefficient (Wildman–Crippen LogP) is 2.43. The molecule has 3 nitrogen and oxygen atoms in total. The number of aryl methyl sites for hydroxylation is 1. The molecule has 1 heterocycles. The average Bonchev–Trinajstić information content (AvgIpc) is 2.69. The van der Waals surface area contributed by atoms with E-state index in [1.165, 1.54) is 10.8 Å². The van der Waals surface area contributed by atoms with Crippen LogP contribution in [0.2, 0.25) is 5.02 Å². The SMILES string of the molecule is Cn1ccnc1C(O)c1cc(F)c(Cl)cc1F. The van der Waals surface area contributed by atoms with Crippen molar-refractivity contribution in [2.45, 2.75) is 6.10 Å². The molecule has 0 fully saturated rings. The molecule has 0 radical (unpaired) electrons. The van der Waals surface area contributed by atoms with Gasteiger partial charge in [-0.25, -0.2) is 13.8 Å². The maximum Gasteiger partial charge on any atom is 0.142 e. The summed E-state index contributed by atoms with van der Waals surface area (Å²) < 4.78 is 28.3. The molecule has 0 saturated heterocycles. The third-order valence-electron chi connectivity index (χ3n) is 2.44. The van der Waals surface area contributed by atoms with Crippen LogP contribution in [0.25, 0.3) is 0 Å². The van der Waals surface area contributed by atoms with Crippen molar-refractivity contribution < 1.29 is 13.9 Å². The fraction of sp³-hybridized carbons (Fsp3) is 0.182. The Labute approximate surface area is 101 Å². The molecule has 0 aliphatic rings. The Kier molecular flexibility index (Phi) is 3.13. The summed E-state index contributed by atoms with van der Waals surface area (Å²) in [6.07, 6.45) is 1.73. The highest BCUT2D eigenvalue weighted by Gasteiger charge is 2.20. The Morgan fingerprint density at radius 3 is 2.65 bits per heavy atom. The van der Waals surface area contributed by atoms with Gasteiger partial charge in [-0.05, 0) is 12.1 Å². The van der Waals surface area contributed by atoms with Crippen molar-refractivity contribution in [1.29, 1.82) is 0 Å². The summed E-state index contributed by atoms with van der Waals surface area (Å²) in [4.78, 5) is 3.88. The van der Waals surface area contributed by atoms with E-state index in [-0.39, 0.29) is 16.4 Å². The predicted molar refractivity (Wildman–Crippen MR) is 58.6 cm³/mol. The van der Waals surface area contributed by atoms with Gasteiger partial charge in [-0.15, -0.1) is 0 Å². The molecule has 2 rings (SSSR count). The zero-order chi connectivity index (χ0) is 12.6. The van der Waals surface area contributed by atoms with Crippen LogP contribution in [0, 0.1) is 11.6 Å². The minimum Gasteiger partial charge on any atom is -0.380 e. The molecule has 1 aromatic heterocycles. The number of hydrogen-bond acceptors (Lipinski definition) is 2. The minimum atomic E-state index is -1.33. The third kappa shape index (κ3) is 2.16. The number of aliphatic hydroxyl groups is 1. The maximum absolute atomic E-state index is 13.6. The van der Waals surface area contributed by atoms with Gasteiger partial charge in [-0.2, -0.15) is 0 Å². The lowest BCUT2D eigenvalue weighted by Crippen LogP contribution is -2.09. The van der Waals surface area contributed by atoms with Gasteiger partial charge >= 0.3 is 0 Å². The molecule has 17 heavy (non-hydrogen) atoms. The highest BCUT2D eigenvalue weighted by molar-refractivity contribution is 6.30. The van der Waals surface area contributed by atoms with E-state index in [1.807, 2.05) is 0 Å². The van der Waals surface area contributed by atoms with Crippen LogP contribution in [0.15, 0.2) is 24.5 Å². The van der Waals surface area contributed by atoms with Crippen LogP contribution in [-0.4, -0.2) is 14.7 Å². The summed E-state index contributed by atoms with van der Waals surface area (Å²) in [6.45, 7) is 0. The van der Waals surface area contributed by atoms with Gasteiger partial charge < -0.3 is 9.67 Å². The Balaban J connectivity index is 2.48. The van der Waals surface area contributed by atoms with Gasteiger partial charge in [0.05, 0.1) is 5.02 Å². The molecule has 6 heteroatoms. The topological polar surface area (TPSA) is 38.0 Å². The van der Waals surface area contributed by atoms with Crippen LogP contribution in [-0.2, 0) is 7.05 Å². The van der Waals surface area contributed by atoms with Crippen LogP contribution >= 0.6 is 11.6 Å². The molecular formula is C11H9ClF2N2O. The van der Waals surface area contributed by atoms with Gasteiger partial charge in [0.15, 0.2) is 0 Å². The normalized spacial score (nSPS) is 12.8. The fourth-order valence-corrected chi connectivity index (χ4v) is 1.68. The minimum absolute atomic E-state index is 0.193. The molecule has 0 spiro atoms. The van der Waals surface area contributed by atoms with E-state index in [2.05, 4.69) is 4.98 Å². The first-order valence-corrected chi connectivity index (χ1v) is 5.18. The monoisotopic (exact) mass is 258 g/mol. The second-order valence-electron chi connectivity index (χ2n) is 3.59. The summed E-state index contributed by atoms with van der Waals surface area (Å²) in [5, 5.41) is 9.60. The van der Waals surface area contributed by atoms with Crippen molar-refractivity contribution in [2.75, 3.05) is 0 Å². The number of rotatable bonds is 2. The Bertz CT molecular complexity index is 556. The van der Waals surface area contributed by atoms with E-state index in [0.717, 1.165) is 12.1 Å². The van der Waals surface area contributed by atoms with Crippen LogP contribution in [0.4, 0.5) is 8.78 Å². The molecule has 1 N–H and O–H groups in total. The zero-order valence-corrected chi connectivity index (χ0v) is 9.62. The van der Waals surface area contributed by atoms with E-state index in [0.29, 0.717) is 0 Å². The molecule has 0 bridgehead atoms. The highest BCUT2D eigenvalue weighted by atomic mass is 35.5. The van der Waals surface area contributed by atoms with Crippen molar-refractivity contribution in [1.82, 2.24) is 9.55 Å². The number of hydrogen-bond donors (Lipinski definition) is 1. The molecular weight excluding hydrogens is 250 g/mol. The summed E-state index contributed by atoms with van der Waals surface area (Å²) in [5.74, 6) is -1.33. The smallest absolute Gasteiger partial charge is 0.142 e. The fourth-order valence-electron chi connectivity index (χ4n) is 1.53. The van der Waals surface area contributed by atoms with Gasteiger partial charge in [0, 0.05) is 25.0 Å². The molecule has 1 unspecified atom stereocenters. The summed E-state index contributed by atoms with van der Waals surface area (Å²) in [5.41, 5.74) is -0.193. The van der Waals surface area contributed by atoms with Crippen LogP contribution < -0.4 is 0 Å². The van der Waals surface area contributed by atoms with Crippen molar-refractivity contribution in [3.05, 3.63) is 52.6 Å². The lowest BCUT2D eigenvalue weighted by Gasteiger charge is -2.12. The van der Waals surface area contributed by atoms with Crippen LogP contribution in [0.5, 0.6) is 0 Å². The number of nitrogens with zero attached hydrogens (tertiary/aromatic N) is 2. The van der Waals surface area contributed by atoms with Crippen molar-refractivity contribution in [3.63, 3.8) is 0 Å². The van der Waals surface area contributed by atoms with Crippen LogP contribution in [0.1, 0.15) is 17.5 Å². The van der Waals surface area contributed by atoms with Crippen molar-refractivity contribution in [2.24, 2.45) is 7.05 Å². The van der Waals surface area contributed by atoms with Gasteiger partial charge in [0.25, 0.3) is 0 Å². The van der Waals surface area contributed by atoms with Gasteiger partial charge in [0.1, 0.15) is 23.6 Å². The van der Waals surface area contributed by atoms with E-state index in [4.69, 9.17) is 11.6 Å². The molecule has 1 aromatic carbocycles. The quantitative estimate of drug-likeness (QED) is 0.840. The first-order chi connectivity index (χ1) is 8.00. The molecule has 0 saturated carbocycles. The number of aliphatic hydroxyl groups excluding tert-OH is 1. The maximum atomic E-state index is 13.6. The van der Waals surface area contributed by atoms with Crippen molar-refractivity contribution in [3.8, 4) is 0 Å². The van der Waals surface area contributed by atoms with E-state index < -0.39 is 17.7 Å². The Morgan fingerprint density at radius 2 is 2.06 bits per heavy atom. The average molecular weight is 259 g/mol. The van der Waals surface area contributed by atoms with E-state index >= 15 is 0 Å². The lowest BCUT2D eigenvalue weighted by molar-refractivity contribution is 0.200. The Morgan fingerprint density at radius 1 is 1.35 bits per heavy atom. The van der Waals surface area contributed by atoms with E-state index in [9.17, 15) is 13.9 Å². The standard InChI is InChI=1S/C11H9ClF2N2O/c1-16-3-2-15-11(16)10(17)6-4-9(14)7(12)5-8(6)13/h2-5,10,17H,1H3. The van der Waals surface area contributed by atoms with Crippen molar-refractivity contribution >= 4 is 11.6 Å². The first-order valence-electron chi connectivity index (χ1n) is 4.80. The largest absolute Gasteiger partial charge is 0.380 e. The summed E-state index contributed by atoms with van der Waals surface area (Å²) >= 11 is 5.43. The number of aromatic nitrogens is 2. The Hall–Kier alpha value is -1.46. The molecule has 0 aliphatic carbocycles. The van der Waals surface area contributed by atoms with Gasteiger partial charge in [-0.3, -0.25) is 0 Å². The number of halogens is 3. The lowest BCUT2D eigenvalue weighted by atomic mass is 10.1. The van der Waals surface area contributed by atoms with Crippen LogP contribution in [0.3, 0.4) is 0 Å². The molecule has 2 aromatic rings. The summed E-state index contributed by atoms with van der Waals surface area (Å²) in [6, 6.07) is 1.70. The van der Waals surface area contributed by atoms with Gasteiger partial charge in [-0.1, -0.05) is 11.6 Å². The second kappa shape index (κ2) is 4.43. The molecule has 1 atom stereocenters. The molecule has 0 aliphatic heterocycles. The molecule has 0 amide bonds. The highest BCUT2D eigenvalue weighted by Crippen LogP contribution is 2.27. The van der Waals surface area contributed by atoms with E-state index in [1.54, 1.807) is 13.2 Å². The first kappa shape index (κ1) is 12.0. The number of benzene rings is 1. The second-order valence-corrected chi connectivity index (χ2v) is 3.99. The van der Waals surface area contributed by atoms with Gasteiger partial charge in [0.2, 0.25) is 0 Å². The third-order valence-corrected chi connectivity index (χ3v) is 2.73. The summed E-state index contributed by atoms with van der Waals surface area (Å²) in [7, 11) is 1.65. The number of imidazole rings is 1.